The first-order valence-electron chi connectivity index (χ1n) is 9.18. The molecule has 1 atom stereocenters. The minimum Gasteiger partial charge on any atom is -0.495 e. The van der Waals surface area contributed by atoms with Crippen LogP contribution in [0.15, 0.2) is 41.9 Å². The van der Waals surface area contributed by atoms with Gasteiger partial charge < -0.3 is 15.0 Å². The van der Waals surface area contributed by atoms with Crippen molar-refractivity contribution in [2.75, 3.05) is 30.4 Å². The number of benzene rings is 1. The van der Waals surface area contributed by atoms with E-state index >= 15 is 0 Å². The third-order valence-electron chi connectivity index (χ3n) is 5.06. The lowest BCUT2D eigenvalue weighted by molar-refractivity contribution is -0.120. The molecule has 0 spiro atoms. The molecule has 1 aliphatic rings. The number of thiophene rings is 1. The zero-order valence-electron chi connectivity index (χ0n) is 15.6. The smallest absolute Gasteiger partial charge is 0.229 e. The predicted octanol–water partition coefficient (Wildman–Crippen LogP) is 4.47. The van der Waals surface area contributed by atoms with Crippen LogP contribution >= 0.6 is 11.3 Å². The molecule has 3 heterocycles. The van der Waals surface area contributed by atoms with Gasteiger partial charge in [0, 0.05) is 29.4 Å². The van der Waals surface area contributed by atoms with Crippen molar-refractivity contribution in [3.8, 4) is 5.75 Å². The second kappa shape index (κ2) is 7.56. The van der Waals surface area contributed by atoms with Crippen LogP contribution in [-0.4, -0.2) is 31.1 Å². The van der Waals surface area contributed by atoms with E-state index in [9.17, 15) is 4.79 Å². The summed E-state index contributed by atoms with van der Waals surface area (Å²) in [5, 5.41) is 6.33. The Morgan fingerprint density at radius 3 is 3.07 bits per heavy atom. The van der Waals surface area contributed by atoms with Gasteiger partial charge in [-0.1, -0.05) is 6.07 Å². The number of pyridine rings is 1. The molecular formula is C21H23N3O2S. The van der Waals surface area contributed by atoms with Crippen LogP contribution in [0, 0.1) is 12.8 Å². The van der Waals surface area contributed by atoms with Crippen LogP contribution in [-0.2, 0) is 4.79 Å². The highest BCUT2D eigenvalue weighted by atomic mass is 32.1. The fourth-order valence-electron chi connectivity index (χ4n) is 3.67. The zero-order valence-corrected chi connectivity index (χ0v) is 16.4. The van der Waals surface area contributed by atoms with Crippen LogP contribution in [0.5, 0.6) is 5.75 Å². The summed E-state index contributed by atoms with van der Waals surface area (Å²) in [7, 11) is 1.62. The van der Waals surface area contributed by atoms with Crippen LogP contribution in [0.3, 0.4) is 0 Å². The summed E-state index contributed by atoms with van der Waals surface area (Å²) in [5.41, 5.74) is 1.82. The summed E-state index contributed by atoms with van der Waals surface area (Å²) in [5.74, 6) is 1.64. The molecule has 1 aromatic carbocycles. The number of nitrogens with zero attached hydrogens (tertiary/aromatic N) is 2. The summed E-state index contributed by atoms with van der Waals surface area (Å²) < 4.78 is 6.62. The summed E-state index contributed by atoms with van der Waals surface area (Å²) in [6, 6.07) is 9.97. The Labute approximate surface area is 163 Å². The van der Waals surface area contributed by atoms with Crippen molar-refractivity contribution in [3.05, 3.63) is 47.5 Å². The molecular weight excluding hydrogens is 358 g/mol. The standard InChI is InChI=1S/C21H23N3O2S/c1-14-5-6-18(26-2)17(12-14)23-21(25)15-4-3-10-24(13-15)20-16-8-11-27-19(16)7-9-22-20/h5-9,11-12,15H,3-4,10,13H2,1-2H3,(H,23,25)/t15-/m0/s1. The van der Waals surface area contributed by atoms with Gasteiger partial charge in [-0.3, -0.25) is 4.79 Å². The van der Waals surface area contributed by atoms with Gasteiger partial charge in [-0.2, -0.15) is 0 Å². The number of anilines is 2. The Hall–Kier alpha value is -2.60. The Morgan fingerprint density at radius 2 is 2.22 bits per heavy atom. The highest BCUT2D eigenvalue weighted by Gasteiger charge is 2.28. The fraction of sp³-hybridized carbons (Fsp3) is 0.333. The van der Waals surface area contributed by atoms with Gasteiger partial charge in [0.25, 0.3) is 0 Å². The van der Waals surface area contributed by atoms with E-state index in [1.807, 2.05) is 37.4 Å². The Bertz CT molecular complexity index is 969. The maximum atomic E-state index is 12.9. The number of amides is 1. The Morgan fingerprint density at radius 1 is 1.33 bits per heavy atom. The number of rotatable bonds is 4. The molecule has 0 unspecified atom stereocenters. The van der Waals surface area contributed by atoms with Gasteiger partial charge >= 0.3 is 0 Å². The number of carbonyl (C=O) groups is 1. The summed E-state index contributed by atoms with van der Waals surface area (Å²) in [4.78, 5) is 19.8. The molecule has 140 valence electrons. The van der Waals surface area contributed by atoms with Crippen molar-refractivity contribution < 1.29 is 9.53 Å². The second-order valence-corrected chi connectivity index (χ2v) is 7.89. The molecule has 27 heavy (non-hydrogen) atoms. The number of aryl methyl sites for hydroxylation is 1. The Balaban J connectivity index is 1.52. The van der Waals surface area contributed by atoms with Crippen LogP contribution in [0.25, 0.3) is 10.1 Å². The average Bonchev–Trinajstić information content (AvgIpc) is 3.17. The van der Waals surface area contributed by atoms with Crippen LogP contribution in [0.2, 0.25) is 0 Å². The Kier molecular flexibility index (Phi) is 4.99. The normalized spacial score (nSPS) is 17.1. The SMILES string of the molecule is COc1ccc(C)cc1NC(=O)[C@H]1CCCN(c2nccc3sccc23)C1. The van der Waals surface area contributed by atoms with Crippen molar-refractivity contribution in [1.29, 1.82) is 0 Å². The van der Waals surface area contributed by atoms with Crippen molar-refractivity contribution in [2.45, 2.75) is 19.8 Å². The summed E-state index contributed by atoms with van der Waals surface area (Å²) in [6.45, 7) is 3.62. The number of aromatic nitrogens is 1. The molecule has 0 radical (unpaired) electrons. The highest BCUT2D eigenvalue weighted by Crippen LogP contribution is 2.32. The lowest BCUT2D eigenvalue weighted by Crippen LogP contribution is -2.41. The van der Waals surface area contributed by atoms with E-state index in [0.717, 1.165) is 36.5 Å². The average molecular weight is 382 g/mol. The number of nitrogens with one attached hydrogen (secondary N) is 1. The van der Waals surface area contributed by atoms with E-state index < -0.39 is 0 Å². The molecule has 1 fully saturated rings. The largest absolute Gasteiger partial charge is 0.495 e. The molecule has 5 nitrogen and oxygen atoms in total. The van der Waals surface area contributed by atoms with E-state index in [2.05, 4.69) is 26.6 Å². The molecule has 0 saturated carbocycles. The molecule has 1 aliphatic heterocycles. The van der Waals surface area contributed by atoms with Gasteiger partial charge in [-0.15, -0.1) is 11.3 Å². The molecule has 1 amide bonds. The van der Waals surface area contributed by atoms with Gasteiger partial charge in [0.1, 0.15) is 11.6 Å². The summed E-state index contributed by atoms with van der Waals surface area (Å²) in [6.07, 6.45) is 3.72. The number of ether oxygens (including phenoxy) is 1. The third-order valence-corrected chi connectivity index (χ3v) is 5.95. The first-order chi connectivity index (χ1) is 13.2. The topological polar surface area (TPSA) is 54.5 Å². The number of hydrogen-bond donors (Lipinski definition) is 1. The van der Waals surface area contributed by atoms with Gasteiger partial charge in [-0.05, 0) is 55.0 Å². The number of methoxy groups -OCH3 is 1. The maximum absolute atomic E-state index is 12.9. The van der Waals surface area contributed by atoms with Gasteiger partial charge in [0.15, 0.2) is 0 Å². The van der Waals surface area contributed by atoms with Gasteiger partial charge in [-0.25, -0.2) is 4.98 Å². The van der Waals surface area contributed by atoms with Crippen molar-refractivity contribution in [2.24, 2.45) is 5.92 Å². The minimum atomic E-state index is -0.0698. The molecule has 2 aromatic heterocycles. The van der Waals surface area contributed by atoms with Crippen molar-refractivity contribution >= 4 is 38.8 Å². The van der Waals surface area contributed by atoms with Gasteiger partial charge in [0.2, 0.25) is 5.91 Å². The predicted molar refractivity (Wildman–Crippen MR) is 111 cm³/mol. The molecule has 0 bridgehead atoms. The number of fused-ring (bicyclic) bond motifs is 1. The van der Waals surface area contributed by atoms with E-state index in [1.54, 1.807) is 18.4 Å². The number of carbonyl (C=O) groups excluding carboxylic acids is 1. The van der Waals surface area contributed by atoms with E-state index in [-0.39, 0.29) is 11.8 Å². The molecule has 1 N–H and O–H groups in total. The lowest BCUT2D eigenvalue weighted by Gasteiger charge is -2.33. The van der Waals surface area contributed by atoms with Crippen LogP contribution in [0.1, 0.15) is 18.4 Å². The molecule has 3 aromatic rings. The lowest BCUT2D eigenvalue weighted by atomic mass is 9.96. The quantitative estimate of drug-likeness (QED) is 0.724. The minimum absolute atomic E-state index is 0.0427. The molecule has 1 saturated heterocycles. The van der Waals surface area contributed by atoms with Crippen molar-refractivity contribution in [1.82, 2.24) is 4.98 Å². The fourth-order valence-corrected chi connectivity index (χ4v) is 4.45. The highest BCUT2D eigenvalue weighted by molar-refractivity contribution is 7.17. The van der Waals surface area contributed by atoms with Crippen molar-refractivity contribution in [3.63, 3.8) is 0 Å². The first kappa shape index (κ1) is 17.8. The van der Waals surface area contributed by atoms with Gasteiger partial charge in [0.05, 0.1) is 18.7 Å². The monoisotopic (exact) mass is 381 g/mol. The maximum Gasteiger partial charge on any atom is 0.229 e. The number of piperidine rings is 1. The summed E-state index contributed by atoms with van der Waals surface area (Å²) >= 11 is 1.72. The number of hydrogen-bond acceptors (Lipinski definition) is 5. The second-order valence-electron chi connectivity index (χ2n) is 6.95. The first-order valence-corrected chi connectivity index (χ1v) is 10.1. The van der Waals surface area contributed by atoms with E-state index in [1.165, 1.54) is 10.1 Å². The third kappa shape index (κ3) is 3.62. The van der Waals surface area contributed by atoms with E-state index in [4.69, 9.17) is 4.74 Å². The van der Waals surface area contributed by atoms with Crippen LogP contribution in [0.4, 0.5) is 11.5 Å². The zero-order chi connectivity index (χ0) is 18.8. The molecule has 0 aliphatic carbocycles. The molecule has 4 rings (SSSR count). The van der Waals surface area contributed by atoms with Crippen LogP contribution < -0.4 is 15.0 Å². The molecule has 6 heteroatoms. The van der Waals surface area contributed by atoms with E-state index in [0.29, 0.717) is 12.3 Å².